The lowest BCUT2D eigenvalue weighted by atomic mass is 9.82. The van der Waals surface area contributed by atoms with Gasteiger partial charge < -0.3 is 5.73 Å². The van der Waals surface area contributed by atoms with Crippen LogP contribution in [0.5, 0.6) is 0 Å². The summed E-state index contributed by atoms with van der Waals surface area (Å²) in [6.07, 6.45) is 3.62. The monoisotopic (exact) mass is 246 g/mol. The number of likely N-dealkylation sites (tertiary alicyclic amines) is 1. The highest BCUT2D eigenvalue weighted by Gasteiger charge is 2.25. The molecule has 0 radical (unpaired) electrons. The van der Waals surface area contributed by atoms with Crippen molar-refractivity contribution < 1.29 is 0 Å². The van der Waals surface area contributed by atoms with Crippen LogP contribution >= 0.6 is 0 Å². The molecule has 18 heavy (non-hydrogen) atoms. The fourth-order valence-corrected chi connectivity index (χ4v) is 2.67. The summed E-state index contributed by atoms with van der Waals surface area (Å²) in [5.41, 5.74) is 9.10. The molecule has 0 aliphatic carbocycles. The largest absolute Gasteiger partial charge is 0.330 e. The molecule has 2 rings (SSSR count). The van der Waals surface area contributed by atoms with Crippen molar-refractivity contribution in [2.24, 2.45) is 11.1 Å². The maximum absolute atomic E-state index is 5.68. The molecule has 1 aliphatic rings. The Morgan fingerprint density at radius 3 is 2.33 bits per heavy atom. The highest BCUT2D eigenvalue weighted by atomic mass is 15.1. The quantitative estimate of drug-likeness (QED) is 0.885. The van der Waals surface area contributed by atoms with E-state index in [9.17, 15) is 0 Å². The molecule has 1 aliphatic heterocycles. The molecule has 0 aromatic heterocycles. The predicted octanol–water partition coefficient (Wildman–Crippen LogP) is 2.81. The van der Waals surface area contributed by atoms with E-state index in [4.69, 9.17) is 5.73 Å². The van der Waals surface area contributed by atoms with E-state index in [-0.39, 0.29) is 0 Å². The summed E-state index contributed by atoms with van der Waals surface area (Å²) in [4.78, 5) is 2.58. The number of piperidine rings is 1. The minimum Gasteiger partial charge on any atom is -0.330 e. The molecule has 0 amide bonds. The average molecular weight is 246 g/mol. The molecule has 0 spiro atoms. The van der Waals surface area contributed by atoms with Crippen molar-refractivity contribution in [2.45, 2.75) is 39.7 Å². The van der Waals surface area contributed by atoms with Gasteiger partial charge in [-0.2, -0.15) is 0 Å². The smallest absolute Gasteiger partial charge is 0.0236 e. The van der Waals surface area contributed by atoms with Crippen LogP contribution in [0.15, 0.2) is 24.3 Å². The van der Waals surface area contributed by atoms with E-state index in [0.717, 1.165) is 19.5 Å². The fraction of sp³-hybridized carbons (Fsp3) is 0.625. The summed E-state index contributed by atoms with van der Waals surface area (Å²) >= 11 is 0. The molecular formula is C16H26N2. The molecule has 1 aromatic carbocycles. The molecule has 0 unspecified atom stereocenters. The van der Waals surface area contributed by atoms with Crippen LogP contribution in [0.25, 0.3) is 0 Å². The molecule has 100 valence electrons. The van der Waals surface area contributed by atoms with Gasteiger partial charge in [-0.25, -0.2) is 0 Å². The maximum Gasteiger partial charge on any atom is 0.0236 e. The molecule has 0 saturated carbocycles. The van der Waals surface area contributed by atoms with Gasteiger partial charge >= 0.3 is 0 Å². The second-order valence-corrected chi connectivity index (χ2v) is 6.25. The Morgan fingerprint density at radius 2 is 1.72 bits per heavy atom. The van der Waals surface area contributed by atoms with Crippen LogP contribution in [0, 0.1) is 5.41 Å². The Morgan fingerprint density at radius 1 is 1.11 bits per heavy atom. The van der Waals surface area contributed by atoms with E-state index >= 15 is 0 Å². The number of hydrogen-bond donors (Lipinski definition) is 1. The summed E-state index contributed by atoms with van der Waals surface area (Å²) in [7, 11) is 0. The lowest BCUT2D eigenvalue weighted by molar-refractivity contribution is 0.127. The van der Waals surface area contributed by atoms with Gasteiger partial charge in [-0.1, -0.05) is 38.1 Å². The molecule has 2 nitrogen and oxygen atoms in total. The molecule has 2 heteroatoms. The third-order valence-electron chi connectivity index (χ3n) is 4.14. The number of nitrogens with zero attached hydrogens (tertiary/aromatic N) is 1. The Labute approximate surface area is 111 Å². The average Bonchev–Trinajstić information content (AvgIpc) is 2.35. The molecule has 1 fully saturated rings. The summed E-state index contributed by atoms with van der Waals surface area (Å²) in [6.45, 7) is 9.05. The van der Waals surface area contributed by atoms with Crippen LogP contribution in [0.1, 0.15) is 37.8 Å². The van der Waals surface area contributed by atoms with Gasteiger partial charge in [0.05, 0.1) is 0 Å². The summed E-state index contributed by atoms with van der Waals surface area (Å²) in [6, 6.07) is 8.73. The second-order valence-electron chi connectivity index (χ2n) is 6.25. The number of hydrogen-bond acceptors (Lipinski definition) is 2. The second kappa shape index (κ2) is 5.85. The Hall–Kier alpha value is -0.860. The first-order valence-corrected chi connectivity index (χ1v) is 7.10. The van der Waals surface area contributed by atoms with Gasteiger partial charge in [0.1, 0.15) is 0 Å². The van der Waals surface area contributed by atoms with E-state index in [1.54, 1.807) is 0 Å². The van der Waals surface area contributed by atoms with Crippen molar-refractivity contribution in [2.75, 3.05) is 19.6 Å². The SMILES string of the molecule is CC1(C)CCN(Cc2ccccc2CCN)CC1. The van der Waals surface area contributed by atoms with Crippen LogP contribution in [-0.2, 0) is 13.0 Å². The topological polar surface area (TPSA) is 29.3 Å². The third kappa shape index (κ3) is 3.56. The summed E-state index contributed by atoms with van der Waals surface area (Å²) < 4.78 is 0. The van der Waals surface area contributed by atoms with Gasteiger partial charge in [-0.15, -0.1) is 0 Å². The molecule has 1 saturated heterocycles. The summed E-state index contributed by atoms with van der Waals surface area (Å²) in [5.74, 6) is 0. The van der Waals surface area contributed by atoms with Gasteiger partial charge in [0, 0.05) is 6.54 Å². The van der Waals surface area contributed by atoms with Crippen molar-refractivity contribution in [3.05, 3.63) is 35.4 Å². The normalized spacial score (nSPS) is 19.9. The van der Waals surface area contributed by atoms with Crippen molar-refractivity contribution in [3.63, 3.8) is 0 Å². The van der Waals surface area contributed by atoms with Crippen molar-refractivity contribution in [1.82, 2.24) is 4.90 Å². The Kier molecular flexibility index (Phi) is 4.41. The zero-order valence-corrected chi connectivity index (χ0v) is 11.8. The molecule has 1 heterocycles. The maximum atomic E-state index is 5.68. The van der Waals surface area contributed by atoms with E-state index in [2.05, 4.69) is 43.0 Å². The first-order valence-electron chi connectivity index (χ1n) is 7.10. The predicted molar refractivity (Wildman–Crippen MR) is 77.5 cm³/mol. The highest BCUT2D eigenvalue weighted by molar-refractivity contribution is 5.27. The molecule has 0 bridgehead atoms. The number of rotatable bonds is 4. The minimum atomic E-state index is 0.535. The lowest BCUT2D eigenvalue weighted by Crippen LogP contribution is -2.37. The van der Waals surface area contributed by atoms with E-state index in [0.29, 0.717) is 5.41 Å². The van der Waals surface area contributed by atoms with E-state index in [1.807, 2.05) is 0 Å². The van der Waals surface area contributed by atoms with E-state index < -0.39 is 0 Å². The molecule has 0 atom stereocenters. The van der Waals surface area contributed by atoms with Gasteiger partial charge in [-0.05, 0) is 55.4 Å². The van der Waals surface area contributed by atoms with Crippen LogP contribution in [-0.4, -0.2) is 24.5 Å². The third-order valence-corrected chi connectivity index (χ3v) is 4.14. The van der Waals surface area contributed by atoms with Crippen molar-refractivity contribution in [3.8, 4) is 0 Å². The standard InChI is InChI=1S/C16H26N2/c1-16(2)8-11-18(12-9-16)13-15-6-4-3-5-14(15)7-10-17/h3-6H,7-13,17H2,1-2H3. The minimum absolute atomic E-state index is 0.535. The van der Waals surface area contributed by atoms with Crippen molar-refractivity contribution >= 4 is 0 Å². The van der Waals surface area contributed by atoms with Crippen molar-refractivity contribution in [1.29, 1.82) is 0 Å². The number of nitrogens with two attached hydrogens (primary N) is 1. The Bertz CT molecular complexity index is 374. The Balaban J connectivity index is 1.97. The zero-order chi connectivity index (χ0) is 13.0. The number of benzene rings is 1. The van der Waals surface area contributed by atoms with Gasteiger partial charge in [0.15, 0.2) is 0 Å². The van der Waals surface area contributed by atoms with Crippen LogP contribution in [0.2, 0.25) is 0 Å². The van der Waals surface area contributed by atoms with Crippen LogP contribution in [0.3, 0.4) is 0 Å². The summed E-state index contributed by atoms with van der Waals surface area (Å²) in [5, 5.41) is 0. The van der Waals surface area contributed by atoms with E-state index in [1.165, 1.54) is 37.1 Å². The first-order chi connectivity index (χ1) is 8.61. The molecular weight excluding hydrogens is 220 g/mol. The molecule has 1 aromatic rings. The molecule has 2 N–H and O–H groups in total. The fourth-order valence-electron chi connectivity index (χ4n) is 2.67. The van der Waals surface area contributed by atoms with Gasteiger partial charge in [-0.3, -0.25) is 4.90 Å². The highest BCUT2D eigenvalue weighted by Crippen LogP contribution is 2.30. The van der Waals surface area contributed by atoms with Crippen LogP contribution in [0.4, 0.5) is 0 Å². The van der Waals surface area contributed by atoms with Gasteiger partial charge in [0.2, 0.25) is 0 Å². The lowest BCUT2D eigenvalue weighted by Gasteiger charge is -2.37. The zero-order valence-electron chi connectivity index (χ0n) is 11.8. The first kappa shape index (κ1) is 13.6. The van der Waals surface area contributed by atoms with Gasteiger partial charge in [0.25, 0.3) is 0 Å². The van der Waals surface area contributed by atoms with Crippen LogP contribution < -0.4 is 5.73 Å².